The van der Waals surface area contributed by atoms with Crippen molar-refractivity contribution in [2.24, 2.45) is 7.05 Å². The van der Waals surface area contributed by atoms with Gasteiger partial charge in [0.1, 0.15) is 11.6 Å². The summed E-state index contributed by atoms with van der Waals surface area (Å²) in [7, 11) is 1.62. The fourth-order valence-corrected chi connectivity index (χ4v) is 4.56. The number of aromatic nitrogens is 4. The molecule has 1 saturated carbocycles. The number of benzene rings is 1. The van der Waals surface area contributed by atoms with Gasteiger partial charge in [0.05, 0.1) is 21.9 Å². The molecule has 0 radical (unpaired) electrons. The van der Waals surface area contributed by atoms with E-state index in [1.165, 1.54) is 34.1 Å². The Hall–Kier alpha value is -2.81. The second kappa shape index (κ2) is 5.85. The van der Waals surface area contributed by atoms with Crippen molar-refractivity contribution < 1.29 is 8.78 Å². The topological polar surface area (TPSA) is 64.7 Å². The Bertz CT molecular complexity index is 1240. The Balaban J connectivity index is 1.37. The first-order valence-corrected chi connectivity index (χ1v) is 9.36. The summed E-state index contributed by atoms with van der Waals surface area (Å²) in [5.41, 5.74) is 1.56. The van der Waals surface area contributed by atoms with E-state index in [0.717, 1.165) is 34.4 Å². The molecule has 0 aliphatic heterocycles. The van der Waals surface area contributed by atoms with Crippen LogP contribution in [0.2, 0.25) is 0 Å². The second-order valence-electron chi connectivity index (χ2n) is 6.81. The zero-order valence-corrected chi connectivity index (χ0v) is 15.1. The molecule has 0 spiro atoms. The Morgan fingerprint density at radius 2 is 2.04 bits per heavy atom. The van der Waals surface area contributed by atoms with Crippen LogP contribution in [0.25, 0.3) is 21.4 Å². The maximum absolute atomic E-state index is 13.4. The van der Waals surface area contributed by atoms with Crippen LogP contribution in [-0.2, 0) is 7.05 Å². The predicted octanol–water partition coefficient (Wildman–Crippen LogP) is 3.44. The smallest absolute Gasteiger partial charge is 0.330 e. The molecule has 1 N–H and O–H groups in total. The lowest BCUT2D eigenvalue weighted by Crippen LogP contribution is -2.40. The van der Waals surface area contributed by atoms with Gasteiger partial charge in [-0.25, -0.2) is 23.5 Å². The molecule has 1 aromatic carbocycles. The monoisotopic (exact) mass is 387 g/mol. The SMILES string of the molecule is Cn1c(=O)n([C@H]2C[C@H](Nc3nc4ccc(F)cc4s3)C2)c2ncc(F)cc21. The number of pyridine rings is 1. The molecular weight excluding hydrogens is 372 g/mol. The van der Waals surface area contributed by atoms with Crippen molar-refractivity contribution in [1.82, 2.24) is 19.1 Å². The second-order valence-corrected chi connectivity index (χ2v) is 7.84. The van der Waals surface area contributed by atoms with Crippen LogP contribution in [0.4, 0.5) is 13.9 Å². The molecular formula is C18H15F2N5OS. The molecule has 1 aliphatic carbocycles. The number of rotatable bonds is 3. The van der Waals surface area contributed by atoms with Gasteiger partial charge in [0.25, 0.3) is 0 Å². The lowest BCUT2D eigenvalue weighted by Gasteiger charge is -2.36. The molecule has 0 atom stereocenters. The van der Waals surface area contributed by atoms with Gasteiger partial charge >= 0.3 is 5.69 Å². The molecule has 5 rings (SSSR count). The third-order valence-electron chi connectivity index (χ3n) is 5.05. The highest BCUT2D eigenvalue weighted by Crippen LogP contribution is 2.37. The summed E-state index contributed by atoms with van der Waals surface area (Å²) in [6, 6.07) is 6.04. The first-order chi connectivity index (χ1) is 13.0. The predicted molar refractivity (Wildman–Crippen MR) is 100 cm³/mol. The molecule has 27 heavy (non-hydrogen) atoms. The van der Waals surface area contributed by atoms with E-state index in [2.05, 4.69) is 15.3 Å². The van der Waals surface area contributed by atoms with Crippen LogP contribution in [0.3, 0.4) is 0 Å². The number of fused-ring (bicyclic) bond motifs is 2. The zero-order valence-electron chi connectivity index (χ0n) is 14.3. The molecule has 138 valence electrons. The van der Waals surface area contributed by atoms with E-state index in [1.807, 2.05) is 0 Å². The number of imidazole rings is 1. The highest BCUT2D eigenvalue weighted by Gasteiger charge is 2.34. The largest absolute Gasteiger partial charge is 0.359 e. The lowest BCUT2D eigenvalue weighted by atomic mass is 9.86. The highest BCUT2D eigenvalue weighted by molar-refractivity contribution is 7.22. The standard InChI is InChI=1S/C18H15F2N5OS/c1-24-14-4-10(20)8-21-16(14)25(18(24)26)12-6-11(7-12)22-17-23-13-3-2-9(19)5-15(13)27-17/h2-5,8,11-12H,6-7H2,1H3,(H,22,23)/t11-,12-. The number of aryl methyl sites for hydroxylation is 1. The summed E-state index contributed by atoms with van der Waals surface area (Å²) in [6.45, 7) is 0. The lowest BCUT2D eigenvalue weighted by molar-refractivity contribution is 0.280. The maximum Gasteiger partial charge on any atom is 0.330 e. The molecule has 1 aliphatic rings. The summed E-state index contributed by atoms with van der Waals surface area (Å²) in [5, 5.41) is 4.09. The van der Waals surface area contributed by atoms with E-state index >= 15 is 0 Å². The van der Waals surface area contributed by atoms with Gasteiger partial charge in [-0.1, -0.05) is 11.3 Å². The number of thiazole rings is 1. The molecule has 0 saturated heterocycles. The first kappa shape index (κ1) is 16.4. The molecule has 9 heteroatoms. The summed E-state index contributed by atoms with van der Waals surface area (Å²) >= 11 is 1.41. The summed E-state index contributed by atoms with van der Waals surface area (Å²) < 4.78 is 30.6. The number of anilines is 1. The van der Waals surface area contributed by atoms with E-state index in [-0.39, 0.29) is 23.6 Å². The number of nitrogens with zero attached hydrogens (tertiary/aromatic N) is 4. The van der Waals surface area contributed by atoms with Crippen molar-refractivity contribution in [2.75, 3.05) is 5.32 Å². The summed E-state index contributed by atoms with van der Waals surface area (Å²) in [5.74, 6) is -0.739. The van der Waals surface area contributed by atoms with Gasteiger partial charge in [-0.2, -0.15) is 0 Å². The van der Waals surface area contributed by atoms with Gasteiger partial charge < -0.3 is 5.32 Å². The minimum atomic E-state index is -0.462. The van der Waals surface area contributed by atoms with Crippen molar-refractivity contribution in [3.8, 4) is 0 Å². The van der Waals surface area contributed by atoms with Gasteiger partial charge in [0.2, 0.25) is 0 Å². The molecule has 0 unspecified atom stereocenters. The zero-order chi connectivity index (χ0) is 18.7. The minimum Gasteiger partial charge on any atom is -0.359 e. The van der Waals surface area contributed by atoms with Crippen LogP contribution >= 0.6 is 11.3 Å². The molecule has 6 nitrogen and oxygen atoms in total. The van der Waals surface area contributed by atoms with E-state index in [9.17, 15) is 13.6 Å². The Kier molecular flexibility index (Phi) is 3.55. The van der Waals surface area contributed by atoms with Crippen LogP contribution in [0.15, 0.2) is 35.3 Å². The van der Waals surface area contributed by atoms with Crippen LogP contribution in [0.5, 0.6) is 0 Å². The molecule has 0 amide bonds. The van der Waals surface area contributed by atoms with Crippen molar-refractivity contribution in [2.45, 2.75) is 24.9 Å². The van der Waals surface area contributed by atoms with Crippen molar-refractivity contribution in [3.05, 3.63) is 52.6 Å². The number of nitrogens with one attached hydrogen (secondary N) is 1. The number of halogens is 2. The van der Waals surface area contributed by atoms with Crippen LogP contribution in [-0.4, -0.2) is 25.1 Å². The highest BCUT2D eigenvalue weighted by atomic mass is 32.1. The van der Waals surface area contributed by atoms with Crippen LogP contribution in [0.1, 0.15) is 18.9 Å². The van der Waals surface area contributed by atoms with Gasteiger partial charge in [-0.05, 0) is 31.0 Å². The number of hydrogen-bond acceptors (Lipinski definition) is 5. The quantitative estimate of drug-likeness (QED) is 0.585. The van der Waals surface area contributed by atoms with Gasteiger partial charge in [0.15, 0.2) is 10.8 Å². The molecule has 3 heterocycles. The van der Waals surface area contributed by atoms with E-state index in [1.54, 1.807) is 17.7 Å². The molecule has 0 bridgehead atoms. The normalized spacial score (nSPS) is 19.5. The van der Waals surface area contributed by atoms with E-state index in [0.29, 0.717) is 11.2 Å². The minimum absolute atomic E-state index is 0.00323. The summed E-state index contributed by atoms with van der Waals surface area (Å²) in [4.78, 5) is 21.1. The third kappa shape index (κ3) is 2.61. The number of hydrogen-bond donors (Lipinski definition) is 1. The van der Waals surface area contributed by atoms with Gasteiger partial charge in [0, 0.05) is 25.2 Å². The summed E-state index contributed by atoms with van der Waals surface area (Å²) in [6.07, 6.45) is 2.61. The molecule has 4 aromatic rings. The Morgan fingerprint density at radius 1 is 1.22 bits per heavy atom. The van der Waals surface area contributed by atoms with Crippen molar-refractivity contribution >= 4 is 37.8 Å². The third-order valence-corrected chi connectivity index (χ3v) is 6.00. The average molecular weight is 387 g/mol. The molecule has 3 aromatic heterocycles. The van der Waals surface area contributed by atoms with Crippen LogP contribution < -0.4 is 11.0 Å². The van der Waals surface area contributed by atoms with Crippen LogP contribution in [0, 0.1) is 11.6 Å². The fourth-order valence-electron chi connectivity index (χ4n) is 3.59. The first-order valence-electron chi connectivity index (χ1n) is 8.54. The maximum atomic E-state index is 13.4. The average Bonchev–Trinajstić information content (AvgIpc) is 3.10. The van der Waals surface area contributed by atoms with Crippen molar-refractivity contribution in [1.29, 1.82) is 0 Å². The van der Waals surface area contributed by atoms with E-state index < -0.39 is 5.82 Å². The van der Waals surface area contributed by atoms with Crippen molar-refractivity contribution in [3.63, 3.8) is 0 Å². The Morgan fingerprint density at radius 3 is 2.85 bits per heavy atom. The molecule has 1 fully saturated rings. The Labute approximate surface area is 156 Å². The van der Waals surface area contributed by atoms with Gasteiger partial charge in [-0.15, -0.1) is 0 Å². The van der Waals surface area contributed by atoms with E-state index in [4.69, 9.17) is 0 Å². The fraction of sp³-hybridized carbons (Fsp3) is 0.278. The van der Waals surface area contributed by atoms with Gasteiger partial charge in [-0.3, -0.25) is 9.13 Å².